The first-order valence-corrected chi connectivity index (χ1v) is 9.96. The van der Waals surface area contributed by atoms with Gasteiger partial charge >= 0.3 is 0 Å². The molecule has 0 bridgehead atoms. The fourth-order valence-corrected chi connectivity index (χ4v) is 3.75. The molecule has 2 heterocycles. The van der Waals surface area contributed by atoms with Crippen LogP contribution in [0.25, 0.3) is 11.4 Å². The molecule has 3 aromatic rings. The van der Waals surface area contributed by atoms with E-state index < -0.39 is 0 Å². The summed E-state index contributed by atoms with van der Waals surface area (Å²) >= 11 is 0. The van der Waals surface area contributed by atoms with Crippen LogP contribution in [0.4, 0.5) is 0 Å². The van der Waals surface area contributed by atoms with Gasteiger partial charge in [0.2, 0.25) is 11.7 Å². The van der Waals surface area contributed by atoms with E-state index in [0.29, 0.717) is 23.8 Å². The van der Waals surface area contributed by atoms with Crippen LogP contribution < -0.4 is 0 Å². The topological polar surface area (TPSA) is 59.2 Å². The molecule has 5 heteroatoms. The van der Waals surface area contributed by atoms with Crippen LogP contribution in [0.3, 0.4) is 0 Å². The number of carbonyl (C=O) groups excluding carboxylic acids is 1. The lowest BCUT2D eigenvalue weighted by molar-refractivity contribution is 0.0561. The molecule has 1 amide bonds. The number of piperidine rings is 1. The Morgan fingerprint density at radius 2 is 2.00 bits per heavy atom. The number of aryl methyl sites for hydroxylation is 2. The summed E-state index contributed by atoms with van der Waals surface area (Å²) in [7, 11) is 0. The highest BCUT2D eigenvalue weighted by atomic mass is 16.5. The van der Waals surface area contributed by atoms with Gasteiger partial charge in [-0.3, -0.25) is 4.79 Å². The molecule has 5 nitrogen and oxygen atoms in total. The molecule has 1 saturated heterocycles. The van der Waals surface area contributed by atoms with Gasteiger partial charge in [-0.1, -0.05) is 48.0 Å². The number of nitrogens with zero attached hydrogens (tertiary/aromatic N) is 3. The Morgan fingerprint density at radius 3 is 2.75 bits per heavy atom. The Bertz CT molecular complexity index is 962. The molecule has 1 fully saturated rings. The van der Waals surface area contributed by atoms with Crippen molar-refractivity contribution in [2.75, 3.05) is 6.54 Å². The zero-order chi connectivity index (χ0) is 19.5. The van der Waals surface area contributed by atoms with E-state index >= 15 is 0 Å². The van der Waals surface area contributed by atoms with Crippen molar-refractivity contribution in [2.24, 2.45) is 0 Å². The molecule has 1 aliphatic heterocycles. The maximum atomic E-state index is 13.1. The van der Waals surface area contributed by atoms with E-state index in [1.54, 1.807) is 0 Å². The van der Waals surface area contributed by atoms with E-state index in [-0.39, 0.29) is 11.9 Å². The quantitative estimate of drug-likeness (QED) is 0.646. The van der Waals surface area contributed by atoms with Crippen LogP contribution in [0, 0.1) is 6.92 Å². The van der Waals surface area contributed by atoms with Crippen LogP contribution in [0.2, 0.25) is 0 Å². The minimum Gasteiger partial charge on any atom is -0.337 e. The number of hydrogen-bond donors (Lipinski definition) is 0. The molecule has 1 aliphatic rings. The van der Waals surface area contributed by atoms with E-state index in [1.807, 2.05) is 60.4 Å². The number of likely N-dealkylation sites (tertiary alicyclic amines) is 1. The van der Waals surface area contributed by atoms with Crippen molar-refractivity contribution >= 4 is 5.91 Å². The van der Waals surface area contributed by atoms with Crippen LogP contribution >= 0.6 is 0 Å². The third-order valence-electron chi connectivity index (χ3n) is 5.38. The fraction of sp³-hybridized carbons (Fsp3) is 0.348. The van der Waals surface area contributed by atoms with Gasteiger partial charge in [-0.05, 0) is 56.4 Å². The average molecular weight is 375 g/mol. The lowest BCUT2D eigenvalue weighted by Crippen LogP contribution is -2.38. The number of aromatic nitrogens is 2. The average Bonchev–Trinajstić information content (AvgIpc) is 3.23. The third kappa shape index (κ3) is 3.70. The van der Waals surface area contributed by atoms with E-state index in [1.165, 1.54) is 5.56 Å². The van der Waals surface area contributed by atoms with Gasteiger partial charge in [0.1, 0.15) is 6.04 Å². The summed E-state index contributed by atoms with van der Waals surface area (Å²) in [6.07, 6.45) is 3.85. The predicted octanol–water partition coefficient (Wildman–Crippen LogP) is 4.97. The van der Waals surface area contributed by atoms with Crippen molar-refractivity contribution in [2.45, 2.75) is 45.6 Å². The molecule has 4 rings (SSSR count). The molecule has 0 N–H and O–H groups in total. The maximum absolute atomic E-state index is 13.1. The first-order valence-electron chi connectivity index (χ1n) is 9.96. The van der Waals surface area contributed by atoms with Crippen molar-refractivity contribution in [3.8, 4) is 11.4 Å². The zero-order valence-electron chi connectivity index (χ0n) is 16.4. The summed E-state index contributed by atoms with van der Waals surface area (Å²) < 4.78 is 5.60. The van der Waals surface area contributed by atoms with E-state index in [2.05, 4.69) is 17.1 Å². The number of benzene rings is 2. The van der Waals surface area contributed by atoms with Crippen molar-refractivity contribution < 1.29 is 9.32 Å². The molecule has 0 radical (unpaired) electrons. The van der Waals surface area contributed by atoms with Crippen molar-refractivity contribution in [3.05, 3.63) is 71.1 Å². The SMILES string of the molecule is CCc1ccc(C(=O)N2CCCCC2c2nc(-c3cccc(C)c3)no2)cc1. The molecule has 1 atom stereocenters. The Kier molecular flexibility index (Phi) is 5.24. The highest BCUT2D eigenvalue weighted by molar-refractivity contribution is 5.94. The van der Waals surface area contributed by atoms with Crippen molar-refractivity contribution in [1.29, 1.82) is 0 Å². The first kappa shape index (κ1) is 18.4. The van der Waals surface area contributed by atoms with Gasteiger partial charge in [0.25, 0.3) is 5.91 Å². The normalized spacial score (nSPS) is 16.9. The largest absolute Gasteiger partial charge is 0.337 e. The second kappa shape index (κ2) is 7.97. The molecule has 2 aromatic carbocycles. The lowest BCUT2D eigenvalue weighted by atomic mass is 10.00. The van der Waals surface area contributed by atoms with Gasteiger partial charge in [0, 0.05) is 17.7 Å². The lowest BCUT2D eigenvalue weighted by Gasteiger charge is -2.33. The fourth-order valence-electron chi connectivity index (χ4n) is 3.75. The molecule has 0 saturated carbocycles. The monoisotopic (exact) mass is 375 g/mol. The highest BCUT2D eigenvalue weighted by Crippen LogP contribution is 2.32. The summed E-state index contributed by atoms with van der Waals surface area (Å²) in [5.41, 5.74) is 4.02. The van der Waals surface area contributed by atoms with Gasteiger partial charge in [0.05, 0.1) is 0 Å². The molecular weight excluding hydrogens is 350 g/mol. The number of rotatable bonds is 4. The van der Waals surface area contributed by atoms with Gasteiger partial charge in [0.15, 0.2) is 0 Å². The van der Waals surface area contributed by atoms with Crippen molar-refractivity contribution in [3.63, 3.8) is 0 Å². The summed E-state index contributed by atoms with van der Waals surface area (Å²) in [5.74, 6) is 1.13. The molecule has 0 aliphatic carbocycles. The summed E-state index contributed by atoms with van der Waals surface area (Å²) in [6.45, 7) is 4.86. The Balaban J connectivity index is 1.59. The molecular formula is C23H25N3O2. The van der Waals surface area contributed by atoms with Crippen molar-refractivity contribution in [1.82, 2.24) is 15.0 Å². The first-order chi connectivity index (χ1) is 13.7. The Labute approximate surface area is 165 Å². The maximum Gasteiger partial charge on any atom is 0.254 e. The highest BCUT2D eigenvalue weighted by Gasteiger charge is 2.32. The van der Waals surface area contributed by atoms with E-state index in [4.69, 9.17) is 4.52 Å². The van der Waals surface area contributed by atoms with E-state index in [0.717, 1.165) is 36.8 Å². The van der Waals surface area contributed by atoms with Gasteiger partial charge in [-0.2, -0.15) is 4.98 Å². The number of hydrogen-bond acceptors (Lipinski definition) is 4. The Hall–Kier alpha value is -2.95. The van der Waals surface area contributed by atoms with Crippen LogP contribution in [-0.4, -0.2) is 27.5 Å². The number of carbonyl (C=O) groups is 1. The number of amides is 1. The van der Waals surface area contributed by atoms with Crippen LogP contribution in [-0.2, 0) is 6.42 Å². The summed E-state index contributed by atoms with van der Waals surface area (Å²) in [6, 6.07) is 15.7. The van der Waals surface area contributed by atoms with Crippen LogP contribution in [0.5, 0.6) is 0 Å². The third-order valence-corrected chi connectivity index (χ3v) is 5.38. The summed E-state index contributed by atoms with van der Waals surface area (Å²) in [4.78, 5) is 19.7. The predicted molar refractivity (Wildman–Crippen MR) is 108 cm³/mol. The van der Waals surface area contributed by atoms with Gasteiger partial charge in [-0.15, -0.1) is 0 Å². The molecule has 1 unspecified atom stereocenters. The minimum atomic E-state index is -0.168. The zero-order valence-corrected chi connectivity index (χ0v) is 16.4. The van der Waals surface area contributed by atoms with E-state index in [9.17, 15) is 4.79 Å². The molecule has 0 spiro atoms. The standard InChI is InChI=1S/C23H25N3O2/c1-3-17-10-12-18(13-11-17)23(27)26-14-5-4-9-20(26)22-24-21(25-28-22)19-8-6-7-16(2)15-19/h6-8,10-13,15,20H,3-5,9,14H2,1-2H3. The molecule has 144 valence electrons. The van der Waals surface area contributed by atoms with Crippen LogP contribution in [0.15, 0.2) is 53.1 Å². The Morgan fingerprint density at radius 1 is 1.18 bits per heavy atom. The van der Waals surface area contributed by atoms with Crippen LogP contribution in [0.1, 0.15) is 59.6 Å². The second-order valence-electron chi connectivity index (χ2n) is 7.39. The minimum absolute atomic E-state index is 0.0302. The van der Waals surface area contributed by atoms with Gasteiger partial charge < -0.3 is 9.42 Å². The summed E-state index contributed by atoms with van der Waals surface area (Å²) in [5, 5.41) is 4.17. The van der Waals surface area contributed by atoms with Gasteiger partial charge in [-0.25, -0.2) is 0 Å². The second-order valence-corrected chi connectivity index (χ2v) is 7.39. The molecule has 1 aromatic heterocycles. The smallest absolute Gasteiger partial charge is 0.254 e. The molecule has 28 heavy (non-hydrogen) atoms.